The monoisotopic (exact) mass is 275 g/mol. The Morgan fingerprint density at radius 1 is 1.11 bits per heavy atom. The highest BCUT2D eigenvalue weighted by molar-refractivity contribution is 7.15. The Morgan fingerprint density at radius 2 is 1.79 bits per heavy atom. The molecule has 0 bridgehead atoms. The minimum absolute atomic E-state index is 0.158. The van der Waals surface area contributed by atoms with Crippen LogP contribution < -0.4 is 5.32 Å². The van der Waals surface area contributed by atoms with Crippen LogP contribution in [-0.2, 0) is 0 Å². The smallest absolute Gasteiger partial charge is 0.345 e. The topological polar surface area (TPSA) is 66.4 Å². The highest BCUT2D eigenvalue weighted by atomic mass is 32.1. The first-order valence-electron chi connectivity index (χ1n) is 5.69. The summed E-state index contributed by atoms with van der Waals surface area (Å²) in [6.45, 7) is 3.90. The number of aromatic carboxylic acids is 1. The molecule has 0 fully saturated rings. The zero-order valence-electron chi connectivity index (χ0n) is 10.6. The van der Waals surface area contributed by atoms with Crippen LogP contribution in [0.3, 0.4) is 0 Å². The van der Waals surface area contributed by atoms with Gasteiger partial charge in [0.1, 0.15) is 4.88 Å². The van der Waals surface area contributed by atoms with Gasteiger partial charge in [0.2, 0.25) is 0 Å². The number of carboxylic acids is 1. The molecule has 0 aliphatic rings. The number of carbonyl (C=O) groups excluding carboxylic acids is 1. The molecule has 0 unspecified atom stereocenters. The number of aryl methyl sites for hydroxylation is 1. The summed E-state index contributed by atoms with van der Waals surface area (Å²) in [7, 11) is 0. The van der Waals surface area contributed by atoms with Crippen molar-refractivity contribution in [1.29, 1.82) is 0 Å². The van der Waals surface area contributed by atoms with Crippen LogP contribution in [0.2, 0.25) is 0 Å². The summed E-state index contributed by atoms with van der Waals surface area (Å²) < 4.78 is 0. The normalized spacial score (nSPS) is 10.2. The minimum Gasteiger partial charge on any atom is -0.477 e. The van der Waals surface area contributed by atoms with E-state index in [0.717, 1.165) is 28.2 Å². The van der Waals surface area contributed by atoms with Crippen molar-refractivity contribution in [2.45, 2.75) is 13.8 Å². The molecule has 98 valence electrons. The molecule has 2 rings (SSSR count). The number of amides is 1. The van der Waals surface area contributed by atoms with E-state index in [1.54, 1.807) is 0 Å². The third kappa shape index (κ3) is 2.82. The lowest BCUT2D eigenvalue weighted by molar-refractivity contribution is 0.0702. The third-order valence-corrected chi connectivity index (χ3v) is 3.97. The lowest BCUT2D eigenvalue weighted by Crippen LogP contribution is -2.11. The van der Waals surface area contributed by atoms with Gasteiger partial charge in [-0.15, -0.1) is 11.3 Å². The lowest BCUT2D eigenvalue weighted by Gasteiger charge is -2.09. The van der Waals surface area contributed by atoms with E-state index in [1.807, 2.05) is 32.0 Å². The second kappa shape index (κ2) is 5.24. The van der Waals surface area contributed by atoms with Crippen LogP contribution in [0.25, 0.3) is 0 Å². The number of anilines is 1. The van der Waals surface area contributed by atoms with Gasteiger partial charge in [0.05, 0.1) is 4.88 Å². The van der Waals surface area contributed by atoms with Gasteiger partial charge in [0.15, 0.2) is 0 Å². The second-order valence-electron chi connectivity index (χ2n) is 4.17. The Hall–Kier alpha value is -2.14. The standard InChI is InChI=1S/C14H13NO3S/c1-8-4-3-5-10(9(8)2)15-13(16)11-6-7-12(19-11)14(17)18/h3-7H,1-2H3,(H,15,16)(H,17,18). The SMILES string of the molecule is Cc1cccc(NC(=O)c2ccc(C(=O)O)s2)c1C. The van der Waals surface area contributed by atoms with Crippen molar-refractivity contribution in [3.8, 4) is 0 Å². The van der Waals surface area contributed by atoms with E-state index in [4.69, 9.17) is 5.11 Å². The number of carbonyl (C=O) groups is 2. The maximum Gasteiger partial charge on any atom is 0.345 e. The minimum atomic E-state index is -1.02. The third-order valence-electron chi connectivity index (χ3n) is 2.89. The van der Waals surface area contributed by atoms with Crippen LogP contribution in [0, 0.1) is 13.8 Å². The largest absolute Gasteiger partial charge is 0.477 e. The average molecular weight is 275 g/mol. The molecule has 0 aliphatic carbocycles. The van der Waals surface area contributed by atoms with Gasteiger partial charge in [-0.2, -0.15) is 0 Å². The zero-order valence-corrected chi connectivity index (χ0v) is 11.4. The Morgan fingerprint density at radius 3 is 2.42 bits per heavy atom. The quantitative estimate of drug-likeness (QED) is 0.903. The molecule has 0 atom stereocenters. The van der Waals surface area contributed by atoms with E-state index in [2.05, 4.69) is 5.32 Å². The first kappa shape index (κ1) is 13.3. The van der Waals surface area contributed by atoms with Gasteiger partial charge in [0, 0.05) is 5.69 Å². The first-order chi connectivity index (χ1) is 8.99. The van der Waals surface area contributed by atoms with Crippen LogP contribution in [-0.4, -0.2) is 17.0 Å². The summed E-state index contributed by atoms with van der Waals surface area (Å²) in [5.74, 6) is -1.30. The van der Waals surface area contributed by atoms with Gasteiger partial charge in [-0.1, -0.05) is 12.1 Å². The van der Waals surface area contributed by atoms with Gasteiger partial charge in [-0.25, -0.2) is 4.79 Å². The fourth-order valence-corrected chi connectivity index (χ4v) is 2.39. The summed E-state index contributed by atoms with van der Waals surface area (Å²) in [5.41, 5.74) is 2.84. The van der Waals surface area contributed by atoms with Gasteiger partial charge >= 0.3 is 5.97 Å². The highest BCUT2D eigenvalue weighted by Crippen LogP contribution is 2.21. The summed E-state index contributed by atoms with van der Waals surface area (Å²) in [6.07, 6.45) is 0. The predicted molar refractivity (Wildman–Crippen MR) is 75.1 cm³/mol. The Labute approximate surface area is 114 Å². The molecule has 0 spiro atoms. The Kier molecular flexibility index (Phi) is 3.66. The number of hydrogen-bond donors (Lipinski definition) is 2. The van der Waals surface area contributed by atoms with Crippen molar-refractivity contribution in [2.24, 2.45) is 0 Å². The predicted octanol–water partition coefficient (Wildman–Crippen LogP) is 3.32. The number of benzene rings is 1. The first-order valence-corrected chi connectivity index (χ1v) is 6.51. The van der Waals surface area contributed by atoms with Crippen molar-refractivity contribution in [2.75, 3.05) is 5.32 Å². The van der Waals surface area contributed by atoms with Gasteiger partial charge in [-0.05, 0) is 43.2 Å². The van der Waals surface area contributed by atoms with Crippen molar-refractivity contribution in [1.82, 2.24) is 0 Å². The maximum atomic E-state index is 12.0. The van der Waals surface area contributed by atoms with Crippen molar-refractivity contribution < 1.29 is 14.7 Å². The van der Waals surface area contributed by atoms with Crippen LogP contribution in [0.1, 0.15) is 30.5 Å². The van der Waals surface area contributed by atoms with E-state index >= 15 is 0 Å². The van der Waals surface area contributed by atoms with E-state index in [-0.39, 0.29) is 10.8 Å². The van der Waals surface area contributed by atoms with Gasteiger partial charge in [0.25, 0.3) is 5.91 Å². The van der Waals surface area contributed by atoms with Gasteiger partial charge < -0.3 is 10.4 Å². The molecule has 4 nitrogen and oxygen atoms in total. The molecule has 0 saturated carbocycles. The van der Waals surface area contributed by atoms with Gasteiger partial charge in [-0.3, -0.25) is 4.79 Å². The van der Waals surface area contributed by atoms with E-state index < -0.39 is 5.97 Å². The number of nitrogens with one attached hydrogen (secondary N) is 1. The Balaban J connectivity index is 2.21. The van der Waals surface area contributed by atoms with E-state index in [0.29, 0.717) is 4.88 Å². The summed E-state index contributed by atoms with van der Waals surface area (Å²) >= 11 is 0.967. The molecule has 1 amide bonds. The van der Waals surface area contributed by atoms with Crippen molar-refractivity contribution >= 4 is 28.9 Å². The number of rotatable bonds is 3. The second-order valence-corrected chi connectivity index (χ2v) is 5.25. The van der Waals surface area contributed by atoms with Crippen LogP contribution >= 0.6 is 11.3 Å². The highest BCUT2D eigenvalue weighted by Gasteiger charge is 2.13. The van der Waals surface area contributed by atoms with E-state index in [1.165, 1.54) is 12.1 Å². The number of hydrogen-bond acceptors (Lipinski definition) is 3. The fourth-order valence-electron chi connectivity index (χ4n) is 1.65. The molecule has 2 N–H and O–H groups in total. The molecule has 1 aromatic heterocycles. The van der Waals surface area contributed by atoms with E-state index in [9.17, 15) is 9.59 Å². The maximum absolute atomic E-state index is 12.0. The molecular weight excluding hydrogens is 262 g/mol. The molecule has 0 aliphatic heterocycles. The van der Waals surface area contributed by atoms with Crippen molar-refractivity contribution in [3.63, 3.8) is 0 Å². The molecule has 5 heteroatoms. The molecule has 2 aromatic rings. The number of carboxylic acid groups (broad SMARTS) is 1. The van der Waals surface area contributed by atoms with Crippen LogP contribution in [0.15, 0.2) is 30.3 Å². The number of thiophene rings is 1. The molecule has 0 saturated heterocycles. The molecular formula is C14H13NO3S. The molecule has 1 aromatic carbocycles. The van der Waals surface area contributed by atoms with Crippen molar-refractivity contribution in [3.05, 3.63) is 51.2 Å². The molecule has 1 heterocycles. The Bertz CT molecular complexity index is 646. The average Bonchev–Trinajstić information content (AvgIpc) is 2.84. The summed E-state index contributed by atoms with van der Waals surface area (Å²) in [5, 5.41) is 11.6. The van der Waals surface area contributed by atoms with Crippen LogP contribution in [0.4, 0.5) is 5.69 Å². The lowest BCUT2D eigenvalue weighted by atomic mass is 10.1. The fraction of sp³-hybridized carbons (Fsp3) is 0.143. The molecule has 19 heavy (non-hydrogen) atoms. The zero-order chi connectivity index (χ0) is 14.0. The molecule has 0 radical (unpaired) electrons. The summed E-state index contributed by atoms with van der Waals surface area (Å²) in [6, 6.07) is 8.62. The summed E-state index contributed by atoms with van der Waals surface area (Å²) in [4.78, 5) is 23.3. The van der Waals surface area contributed by atoms with Crippen LogP contribution in [0.5, 0.6) is 0 Å².